The zero-order valence-electron chi connectivity index (χ0n) is 17.1. The molecular weight excluding hydrogens is 447 g/mol. The van der Waals surface area contributed by atoms with Crippen LogP contribution in [0.2, 0.25) is 0 Å². The number of alkyl halides is 3. The van der Waals surface area contributed by atoms with Crippen molar-refractivity contribution in [3.05, 3.63) is 57.8 Å². The van der Waals surface area contributed by atoms with E-state index in [0.29, 0.717) is 17.1 Å². The molecule has 1 aromatic carbocycles. The fraction of sp³-hybridized carbons (Fsp3) is 0.364. The lowest BCUT2D eigenvalue weighted by molar-refractivity contribution is -0.138. The normalized spacial score (nSPS) is 11.8. The fourth-order valence-electron chi connectivity index (χ4n) is 3.01. The first-order valence-electron chi connectivity index (χ1n) is 9.77. The summed E-state index contributed by atoms with van der Waals surface area (Å²) in [5.74, 6) is 1.06. The second-order valence-corrected chi connectivity index (χ2v) is 9.39. The van der Waals surface area contributed by atoms with E-state index in [4.69, 9.17) is 9.52 Å². The molecule has 0 atom stereocenters. The number of halogens is 3. The first-order chi connectivity index (χ1) is 14.7. The summed E-state index contributed by atoms with van der Waals surface area (Å²) in [6.45, 7) is 3.88. The molecule has 2 aromatic heterocycles. The molecule has 31 heavy (non-hydrogen) atoms. The molecule has 0 radical (unpaired) electrons. The number of rotatable bonds is 9. The Labute approximate surface area is 186 Å². The average molecular weight is 470 g/mol. The third kappa shape index (κ3) is 6.13. The minimum Gasteiger partial charge on any atom is -0.481 e. The summed E-state index contributed by atoms with van der Waals surface area (Å²) < 4.78 is 45.3. The summed E-state index contributed by atoms with van der Waals surface area (Å²) in [5.41, 5.74) is 1.59. The number of thioether (sulfide) groups is 1. The standard InChI is InChI=1S/C22H22F3NO3S2/c1-3-4-5-17-15(12-30-21-26-13(2)19(31-21)11-20(27)28)10-18(29-17)14-6-8-16(9-7-14)22(23,24)25/h6-10H,3-5,11-12H2,1-2H3,(H,27,28). The van der Waals surface area contributed by atoms with Crippen LogP contribution in [0.15, 0.2) is 39.1 Å². The third-order valence-corrected chi connectivity index (χ3v) is 7.04. The van der Waals surface area contributed by atoms with Crippen LogP contribution in [0.1, 0.15) is 47.2 Å². The van der Waals surface area contributed by atoms with Crippen molar-refractivity contribution in [3.8, 4) is 11.3 Å². The maximum Gasteiger partial charge on any atom is 0.416 e. The van der Waals surface area contributed by atoms with E-state index in [1.54, 1.807) is 6.92 Å². The van der Waals surface area contributed by atoms with Crippen LogP contribution in [0.4, 0.5) is 13.2 Å². The van der Waals surface area contributed by atoms with E-state index in [9.17, 15) is 18.0 Å². The SMILES string of the molecule is CCCCc1oc(-c2ccc(C(F)(F)F)cc2)cc1CSc1nc(C)c(CC(=O)O)s1. The van der Waals surface area contributed by atoms with E-state index in [0.717, 1.165) is 57.6 Å². The van der Waals surface area contributed by atoms with Crippen molar-refractivity contribution < 1.29 is 27.5 Å². The first-order valence-corrected chi connectivity index (χ1v) is 11.6. The molecule has 0 aliphatic rings. The molecule has 0 bridgehead atoms. The van der Waals surface area contributed by atoms with Crippen molar-refractivity contribution in [2.24, 2.45) is 0 Å². The Bertz CT molecular complexity index is 1040. The number of aliphatic carboxylic acids is 1. The molecule has 0 saturated carbocycles. The van der Waals surface area contributed by atoms with Gasteiger partial charge in [0.15, 0.2) is 4.34 Å². The van der Waals surface area contributed by atoms with Crippen molar-refractivity contribution >= 4 is 29.1 Å². The molecule has 9 heteroatoms. The van der Waals surface area contributed by atoms with E-state index in [2.05, 4.69) is 11.9 Å². The number of carboxylic acid groups (broad SMARTS) is 1. The number of hydrogen-bond acceptors (Lipinski definition) is 5. The molecule has 0 unspecified atom stereocenters. The lowest BCUT2D eigenvalue weighted by Gasteiger charge is -2.06. The van der Waals surface area contributed by atoms with Gasteiger partial charge >= 0.3 is 12.1 Å². The van der Waals surface area contributed by atoms with Gasteiger partial charge in [-0.1, -0.05) is 37.2 Å². The van der Waals surface area contributed by atoms with Gasteiger partial charge in [0.25, 0.3) is 0 Å². The maximum absolute atomic E-state index is 12.8. The van der Waals surface area contributed by atoms with Gasteiger partial charge in [0, 0.05) is 28.2 Å². The number of furan rings is 1. The van der Waals surface area contributed by atoms with E-state index < -0.39 is 17.7 Å². The van der Waals surface area contributed by atoms with Crippen molar-refractivity contribution in [2.45, 2.75) is 55.8 Å². The van der Waals surface area contributed by atoms with Crippen molar-refractivity contribution in [2.75, 3.05) is 0 Å². The molecule has 1 N–H and O–H groups in total. The van der Waals surface area contributed by atoms with Gasteiger partial charge in [0.2, 0.25) is 0 Å². The van der Waals surface area contributed by atoms with Gasteiger partial charge in [-0.15, -0.1) is 11.3 Å². The van der Waals surface area contributed by atoms with Crippen molar-refractivity contribution in [3.63, 3.8) is 0 Å². The molecule has 3 rings (SSSR count). The molecule has 4 nitrogen and oxygen atoms in total. The topological polar surface area (TPSA) is 63.3 Å². The monoisotopic (exact) mass is 469 g/mol. The molecule has 0 aliphatic heterocycles. The van der Waals surface area contributed by atoms with Crippen LogP contribution in [0.3, 0.4) is 0 Å². The second kappa shape index (κ2) is 9.91. The fourth-order valence-corrected chi connectivity index (χ4v) is 5.23. The van der Waals surface area contributed by atoms with Gasteiger partial charge in [0.1, 0.15) is 11.5 Å². The van der Waals surface area contributed by atoms with Gasteiger partial charge in [-0.05, 0) is 31.5 Å². The summed E-state index contributed by atoms with van der Waals surface area (Å²) >= 11 is 2.88. The van der Waals surface area contributed by atoms with Crippen LogP contribution in [0.25, 0.3) is 11.3 Å². The van der Waals surface area contributed by atoms with E-state index in [1.165, 1.54) is 35.2 Å². The van der Waals surface area contributed by atoms with E-state index in [1.807, 2.05) is 6.07 Å². The molecule has 0 aliphatic carbocycles. The number of thiazole rings is 1. The molecule has 0 saturated heterocycles. The second-order valence-electron chi connectivity index (χ2n) is 7.09. The lowest BCUT2D eigenvalue weighted by Crippen LogP contribution is -2.03. The molecule has 0 amide bonds. The Kier molecular flexibility index (Phi) is 7.48. The van der Waals surface area contributed by atoms with Crippen LogP contribution < -0.4 is 0 Å². The van der Waals surface area contributed by atoms with Gasteiger partial charge < -0.3 is 9.52 Å². The Morgan fingerprint density at radius 3 is 2.58 bits per heavy atom. The highest BCUT2D eigenvalue weighted by Gasteiger charge is 2.30. The van der Waals surface area contributed by atoms with E-state index in [-0.39, 0.29) is 6.42 Å². The van der Waals surface area contributed by atoms with Crippen molar-refractivity contribution in [1.29, 1.82) is 0 Å². The molecule has 166 valence electrons. The van der Waals surface area contributed by atoms with Crippen LogP contribution in [-0.4, -0.2) is 16.1 Å². The highest BCUT2D eigenvalue weighted by atomic mass is 32.2. The number of benzene rings is 1. The minimum atomic E-state index is -4.37. The lowest BCUT2D eigenvalue weighted by atomic mass is 10.1. The molecule has 2 heterocycles. The number of unbranched alkanes of at least 4 members (excludes halogenated alkanes) is 1. The number of nitrogens with zero attached hydrogens (tertiary/aromatic N) is 1. The Hall–Kier alpha value is -2.26. The summed E-state index contributed by atoms with van der Waals surface area (Å²) in [5, 5.41) is 9.00. The molecule has 0 spiro atoms. The Morgan fingerprint density at radius 2 is 1.97 bits per heavy atom. The Morgan fingerprint density at radius 1 is 1.26 bits per heavy atom. The van der Waals surface area contributed by atoms with Gasteiger partial charge in [0.05, 0.1) is 17.7 Å². The number of aromatic nitrogens is 1. The quantitative estimate of drug-likeness (QED) is 0.342. The molecular formula is C22H22F3NO3S2. The highest BCUT2D eigenvalue weighted by Crippen LogP contribution is 2.35. The summed E-state index contributed by atoms with van der Waals surface area (Å²) in [7, 11) is 0. The highest BCUT2D eigenvalue weighted by molar-refractivity contribution is 8.00. The molecule has 0 fully saturated rings. The third-order valence-electron chi connectivity index (χ3n) is 4.69. The largest absolute Gasteiger partial charge is 0.481 e. The van der Waals surface area contributed by atoms with Gasteiger partial charge in [-0.2, -0.15) is 13.2 Å². The smallest absolute Gasteiger partial charge is 0.416 e. The molecule has 3 aromatic rings. The average Bonchev–Trinajstić information content (AvgIpc) is 3.27. The summed E-state index contributed by atoms with van der Waals surface area (Å²) in [6.07, 6.45) is -1.74. The van der Waals surface area contributed by atoms with Crippen LogP contribution in [-0.2, 0) is 29.6 Å². The number of carboxylic acids is 1. The summed E-state index contributed by atoms with van der Waals surface area (Å²) in [6, 6.07) is 6.83. The van der Waals surface area contributed by atoms with Crippen LogP contribution in [0, 0.1) is 6.92 Å². The van der Waals surface area contributed by atoms with Crippen LogP contribution >= 0.6 is 23.1 Å². The zero-order valence-corrected chi connectivity index (χ0v) is 18.7. The minimum absolute atomic E-state index is 0.0460. The predicted octanol–water partition coefficient (Wildman–Crippen LogP) is 6.99. The first kappa shape index (κ1) is 23.4. The number of carbonyl (C=O) groups is 1. The van der Waals surface area contributed by atoms with Gasteiger partial charge in [-0.25, -0.2) is 4.98 Å². The van der Waals surface area contributed by atoms with E-state index >= 15 is 0 Å². The number of aryl methyl sites for hydroxylation is 2. The van der Waals surface area contributed by atoms with Crippen LogP contribution in [0.5, 0.6) is 0 Å². The Balaban J connectivity index is 1.79. The maximum atomic E-state index is 12.8. The van der Waals surface area contributed by atoms with Gasteiger partial charge in [-0.3, -0.25) is 4.79 Å². The number of hydrogen-bond donors (Lipinski definition) is 1. The van der Waals surface area contributed by atoms with Crippen molar-refractivity contribution in [1.82, 2.24) is 4.98 Å². The zero-order chi connectivity index (χ0) is 22.6. The summed E-state index contributed by atoms with van der Waals surface area (Å²) in [4.78, 5) is 16.1. The predicted molar refractivity (Wildman–Crippen MR) is 116 cm³/mol.